The number of carbonyl (C=O) groups excluding carboxylic acids is 1. The van der Waals surface area contributed by atoms with Crippen molar-refractivity contribution < 1.29 is 22.7 Å². The molecular weight excluding hydrogens is 390 g/mol. The van der Waals surface area contributed by atoms with E-state index in [-0.39, 0.29) is 12.3 Å². The number of carbonyl (C=O) groups is 1. The van der Waals surface area contributed by atoms with Gasteiger partial charge < -0.3 is 14.8 Å². The maximum Gasteiger partial charge on any atom is 0.235 e. The highest BCUT2D eigenvalue weighted by Gasteiger charge is 2.16. The topological polar surface area (TPSA) is 81.7 Å². The van der Waals surface area contributed by atoms with Crippen molar-refractivity contribution in [2.45, 2.75) is 39.3 Å². The average Bonchev–Trinajstić information content (AvgIpc) is 2.71. The van der Waals surface area contributed by atoms with Gasteiger partial charge >= 0.3 is 0 Å². The van der Waals surface area contributed by atoms with E-state index in [9.17, 15) is 13.2 Å². The molecule has 0 fully saturated rings. The lowest BCUT2D eigenvalue weighted by atomic mass is 10.2. The van der Waals surface area contributed by atoms with E-state index in [0.29, 0.717) is 24.5 Å². The van der Waals surface area contributed by atoms with Crippen molar-refractivity contribution in [3.8, 4) is 11.5 Å². The lowest BCUT2D eigenvalue weighted by Gasteiger charge is -2.13. The smallest absolute Gasteiger partial charge is 0.235 e. The Bertz CT molecular complexity index is 881. The molecule has 0 unspecified atom stereocenters. The summed E-state index contributed by atoms with van der Waals surface area (Å²) in [6.45, 7) is 2.65. The number of amides is 1. The van der Waals surface area contributed by atoms with Crippen molar-refractivity contribution in [3.63, 3.8) is 0 Å². The van der Waals surface area contributed by atoms with Gasteiger partial charge in [0.2, 0.25) is 5.91 Å². The molecule has 0 saturated carbocycles. The first-order valence-corrected chi connectivity index (χ1v) is 11.6. The zero-order valence-corrected chi connectivity index (χ0v) is 17.8. The fraction of sp³-hybridized carbons (Fsp3) is 0.409. The molecule has 0 aromatic heterocycles. The van der Waals surface area contributed by atoms with Gasteiger partial charge in [-0.05, 0) is 29.7 Å². The molecular formula is C22H29NO5S. The Balaban J connectivity index is 1.88. The molecule has 0 aliphatic rings. The lowest BCUT2D eigenvalue weighted by molar-refractivity contribution is -0.118. The molecule has 0 aliphatic carbocycles. The number of methoxy groups -OCH3 is 1. The third-order valence-electron chi connectivity index (χ3n) is 4.36. The summed E-state index contributed by atoms with van der Waals surface area (Å²) < 4.78 is 35.1. The number of hydrogen-bond acceptors (Lipinski definition) is 5. The highest BCUT2D eigenvalue weighted by molar-refractivity contribution is 7.92. The summed E-state index contributed by atoms with van der Waals surface area (Å²) in [5, 5.41) is 2.66. The third-order valence-corrected chi connectivity index (χ3v) is 5.98. The summed E-state index contributed by atoms with van der Waals surface area (Å²) in [6, 6.07) is 15.2. The van der Waals surface area contributed by atoms with Crippen LogP contribution < -0.4 is 14.8 Å². The number of sulfone groups is 1. The van der Waals surface area contributed by atoms with E-state index >= 15 is 0 Å². The monoisotopic (exact) mass is 419 g/mol. The quantitative estimate of drug-likeness (QED) is 0.533. The van der Waals surface area contributed by atoms with Crippen LogP contribution >= 0.6 is 0 Å². The van der Waals surface area contributed by atoms with Gasteiger partial charge in [-0.3, -0.25) is 4.79 Å². The number of ether oxygens (including phenoxy) is 2. The van der Waals surface area contributed by atoms with Crippen LogP contribution in [-0.2, 0) is 27.8 Å². The van der Waals surface area contributed by atoms with Crippen molar-refractivity contribution in [3.05, 3.63) is 59.7 Å². The fourth-order valence-electron chi connectivity index (χ4n) is 2.77. The Hall–Kier alpha value is -2.54. The maximum absolute atomic E-state index is 12.0. The minimum absolute atomic E-state index is 0.0511. The van der Waals surface area contributed by atoms with E-state index in [0.717, 1.165) is 24.0 Å². The van der Waals surface area contributed by atoms with Crippen molar-refractivity contribution in [2.75, 3.05) is 18.6 Å². The molecule has 0 spiro atoms. The van der Waals surface area contributed by atoms with Crippen molar-refractivity contribution in [1.29, 1.82) is 0 Å². The number of hydrogen-bond donors (Lipinski definition) is 1. The molecule has 1 N–H and O–H groups in total. The highest BCUT2D eigenvalue weighted by atomic mass is 32.2. The van der Waals surface area contributed by atoms with E-state index < -0.39 is 21.5 Å². The molecule has 6 nitrogen and oxygen atoms in total. The molecule has 7 heteroatoms. The highest BCUT2D eigenvalue weighted by Crippen LogP contribution is 2.28. The Morgan fingerprint density at radius 1 is 1.00 bits per heavy atom. The Labute approximate surface area is 173 Å². The number of rotatable bonds is 12. The number of unbranched alkanes of at least 4 members (excludes halogenated alkanes) is 2. The normalized spacial score (nSPS) is 11.1. The Morgan fingerprint density at radius 3 is 2.45 bits per heavy atom. The van der Waals surface area contributed by atoms with Crippen LogP contribution in [0.2, 0.25) is 0 Å². The van der Waals surface area contributed by atoms with Crippen LogP contribution in [0.5, 0.6) is 11.5 Å². The molecule has 29 heavy (non-hydrogen) atoms. The molecule has 0 atom stereocenters. The Morgan fingerprint density at radius 2 is 1.76 bits per heavy atom. The fourth-order valence-corrected chi connectivity index (χ4v) is 4.06. The van der Waals surface area contributed by atoms with Gasteiger partial charge in [0.25, 0.3) is 0 Å². The Kier molecular flexibility index (Phi) is 8.99. The lowest BCUT2D eigenvalue weighted by Crippen LogP contribution is -2.30. The van der Waals surface area contributed by atoms with Crippen LogP contribution in [0, 0.1) is 0 Å². The van der Waals surface area contributed by atoms with Crippen LogP contribution in [0.3, 0.4) is 0 Å². The second-order valence-corrected chi connectivity index (χ2v) is 9.02. The number of nitrogens with one attached hydrogen (secondary N) is 1. The average molecular weight is 420 g/mol. The maximum atomic E-state index is 12.0. The van der Waals surface area contributed by atoms with Crippen LogP contribution in [-0.4, -0.2) is 32.9 Å². The minimum atomic E-state index is -3.37. The first-order valence-electron chi connectivity index (χ1n) is 9.74. The standard InChI is InChI=1S/C22H29NO5S/c1-3-4-8-13-29(25,26)17-22(24)23-15-19-11-12-20(21(14-19)27-2)28-16-18-9-6-5-7-10-18/h5-7,9-12,14H,3-4,8,13,15-17H2,1-2H3,(H,23,24). The third kappa shape index (κ3) is 8.15. The van der Waals surface area contributed by atoms with E-state index in [2.05, 4.69) is 5.32 Å². The molecule has 1 amide bonds. The largest absolute Gasteiger partial charge is 0.493 e. The van der Waals surface area contributed by atoms with E-state index in [4.69, 9.17) is 9.47 Å². The van der Waals surface area contributed by atoms with Crippen molar-refractivity contribution in [1.82, 2.24) is 5.32 Å². The van der Waals surface area contributed by atoms with E-state index in [1.54, 1.807) is 19.2 Å². The second-order valence-electron chi connectivity index (χ2n) is 6.84. The van der Waals surface area contributed by atoms with Gasteiger partial charge in [0, 0.05) is 6.54 Å². The van der Waals surface area contributed by atoms with Crippen LogP contribution in [0.4, 0.5) is 0 Å². The molecule has 2 rings (SSSR count). The molecule has 158 valence electrons. The summed E-state index contributed by atoms with van der Waals surface area (Å²) in [4.78, 5) is 12.0. The van der Waals surface area contributed by atoms with Gasteiger partial charge in [-0.2, -0.15) is 0 Å². The van der Waals surface area contributed by atoms with Gasteiger partial charge in [-0.15, -0.1) is 0 Å². The SMILES string of the molecule is CCCCCS(=O)(=O)CC(=O)NCc1ccc(OCc2ccccc2)c(OC)c1. The number of benzene rings is 2. The zero-order valence-electron chi connectivity index (χ0n) is 17.0. The molecule has 0 saturated heterocycles. The predicted octanol–water partition coefficient (Wildman–Crippen LogP) is 3.50. The van der Waals surface area contributed by atoms with Crippen LogP contribution in [0.15, 0.2) is 48.5 Å². The van der Waals surface area contributed by atoms with E-state index in [1.807, 2.05) is 43.3 Å². The first-order chi connectivity index (χ1) is 13.9. The summed E-state index contributed by atoms with van der Waals surface area (Å²) in [5.74, 6) is 0.233. The van der Waals surface area contributed by atoms with Gasteiger partial charge in [0.05, 0.1) is 12.9 Å². The van der Waals surface area contributed by atoms with Crippen molar-refractivity contribution in [2.24, 2.45) is 0 Å². The predicted molar refractivity (Wildman–Crippen MR) is 114 cm³/mol. The molecule has 2 aromatic rings. The molecule has 0 radical (unpaired) electrons. The second kappa shape index (κ2) is 11.5. The summed E-state index contributed by atoms with van der Waals surface area (Å²) in [7, 11) is -1.82. The zero-order chi connectivity index (χ0) is 21.1. The summed E-state index contributed by atoms with van der Waals surface area (Å²) in [5.41, 5.74) is 1.84. The van der Waals surface area contributed by atoms with Gasteiger partial charge in [0.15, 0.2) is 21.3 Å². The summed E-state index contributed by atoms with van der Waals surface area (Å²) >= 11 is 0. The molecule has 0 aliphatic heterocycles. The van der Waals surface area contributed by atoms with Crippen LogP contribution in [0.1, 0.15) is 37.3 Å². The molecule has 0 bridgehead atoms. The van der Waals surface area contributed by atoms with Crippen molar-refractivity contribution >= 4 is 15.7 Å². The van der Waals surface area contributed by atoms with Crippen LogP contribution in [0.25, 0.3) is 0 Å². The van der Waals surface area contributed by atoms with Gasteiger partial charge in [-0.25, -0.2) is 8.42 Å². The molecule has 2 aromatic carbocycles. The summed E-state index contributed by atoms with van der Waals surface area (Å²) in [6.07, 6.45) is 2.38. The van der Waals surface area contributed by atoms with Gasteiger partial charge in [-0.1, -0.05) is 56.2 Å². The first kappa shape index (κ1) is 22.7. The van der Waals surface area contributed by atoms with Gasteiger partial charge in [0.1, 0.15) is 12.4 Å². The van der Waals surface area contributed by atoms with E-state index in [1.165, 1.54) is 0 Å². The molecule has 0 heterocycles. The minimum Gasteiger partial charge on any atom is -0.493 e.